The summed E-state index contributed by atoms with van der Waals surface area (Å²) in [6.45, 7) is 4.80. The summed E-state index contributed by atoms with van der Waals surface area (Å²) in [6.07, 6.45) is 3.92. The van der Waals surface area contributed by atoms with Crippen LogP contribution in [0, 0.1) is 5.92 Å². The van der Waals surface area contributed by atoms with Gasteiger partial charge in [0.05, 0.1) is 11.7 Å². The molecule has 2 amide bonds. The van der Waals surface area contributed by atoms with E-state index in [1.54, 1.807) is 43.6 Å². The number of anilines is 2. The van der Waals surface area contributed by atoms with Crippen molar-refractivity contribution in [2.45, 2.75) is 38.8 Å². The minimum Gasteiger partial charge on any atom is -0.479 e. The molecule has 162 valence electrons. The van der Waals surface area contributed by atoms with Crippen LogP contribution in [0.3, 0.4) is 0 Å². The quantitative estimate of drug-likeness (QED) is 0.708. The van der Waals surface area contributed by atoms with Gasteiger partial charge in [-0.05, 0) is 64.0 Å². The Morgan fingerprint density at radius 1 is 1.23 bits per heavy atom. The average Bonchev–Trinajstić information content (AvgIpc) is 2.79. The second-order valence-electron chi connectivity index (χ2n) is 7.87. The molecule has 2 aromatic rings. The number of nitrogens with zero attached hydrogens (tertiary/aromatic N) is 3. The van der Waals surface area contributed by atoms with Gasteiger partial charge in [-0.25, -0.2) is 9.97 Å². The van der Waals surface area contributed by atoms with Crippen LogP contribution >= 0.6 is 0 Å². The number of piperidine rings is 1. The Hall–Kier alpha value is -3.33. The van der Waals surface area contributed by atoms with E-state index in [2.05, 4.69) is 25.5 Å². The van der Waals surface area contributed by atoms with Gasteiger partial charge in [0.25, 0.3) is 5.91 Å². The van der Waals surface area contributed by atoms with E-state index in [4.69, 9.17) is 4.74 Å². The molecule has 9 heteroatoms. The average molecular weight is 423 g/mol. The molecule has 2 unspecified atom stereocenters. The minimum atomic E-state index is -0.550. The second-order valence-corrected chi connectivity index (χ2v) is 7.87. The summed E-state index contributed by atoms with van der Waals surface area (Å²) in [6, 6.07) is 6.49. The minimum absolute atomic E-state index is 0.0464. The molecule has 2 atom stereocenters. The number of amides is 2. The first-order chi connectivity index (χ1) is 14.9. The molecule has 9 nitrogen and oxygen atoms in total. The van der Waals surface area contributed by atoms with Crippen molar-refractivity contribution in [1.82, 2.24) is 14.9 Å². The van der Waals surface area contributed by atoms with Crippen molar-refractivity contribution in [3.63, 3.8) is 0 Å². The monoisotopic (exact) mass is 423 g/mol. The van der Waals surface area contributed by atoms with Gasteiger partial charge in [0.2, 0.25) is 11.9 Å². The Kier molecular flexibility index (Phi) is 5.94. The third-order valence-electron chi connectivity index (χ3n) is 5.82. The van der Waals surface area contributed by atoms with Crippen molar-refractivity contribution in [3.8, 4) is 5.75 Å². The fourth-order valence-electron chi connectivity index (χ4n) is 3.89. The van der Waals surface area contributed by atoms with E-state index in [9.17, 15) is 14.4 Å². The number of hydrogen-bond donors (Lipinski definition) is 2. The molecule has 1 saturated heterocycles. The largest absolute Gasteiger partial charge is 0.479 e. The van der Waals surface area contributed by atoms with Crippen LogP contribution in [-0.4, -0.2) is 57.7 Å². The molecule has 1 aromatic heterocycles. The SMILES string of the molecule is CC1Oc2ccc(C(=O)C3CCN(C(C)C(=O)Nc4ncccn4)CC3)cc2NC1=O. The molecule has 0 radical (unpaired) electrons. The van der Waals surface area contributed by atoms with E-state index >= 15 is 0 Å². The van der Waals surface area contributed by atoms with Crippen molar-refractivity contribution in [3.05, 3.63) is 42.2 Å². The smallest absolute Gasteiger partial charge is 0.265 e. The van der Waals surface area contributed by atoms with Gasteiger partial charge in [0.15, 0.2) is 11.9 Å². The molecule has 0 bridgehead atoms. The predicted molar refractivity (Wildman–Crippen MR) is 114 cm³/mol. The number of carbonyl (C=O) groups excluding carboxylic acids is 3. The lowest BCUT2D eigenvalue weighted by Crippen LogP contribution is -2.47. The summed E-state index contributed by atoms with van der Waals surface area (Å²) < 4.78 is 5.55. The molecule has 2 N–H and O–H groups in total. The first kappa shape index (κ1) is 20.9. The maximum atomic E-state index is 13.0. The fourth-order valence-corrected chi connectivity index (χ4v) is 3.89. The number of ketones is 1. The summed E-state index contributed by atoms with van der Waals surface area (Å²) in [5.41, 5.74) is 1.09. The maximum Gasteiger partial charge on any atom is 0.265 e. The van der Waals surface area contributed by atoms with Crippen LogP contribution < -0.4 is 15.4 Å². The molecule has 2 aliphatic rings. The van der Waals surface area contributed by atoms with Gasteiger partial charge < -0.3 is 10.1 Å². The molecule has 0 aliphatic carbocycles. The number of fused-ring (bicyclic) bond motifs is 1. The zero-order chi connectivity index (χ0) is 22.0. The third kappa shape index (κ3) is 4.56. The van der Waals surface area contributed by atoms with Gasteiger partial charge in [0.1, 0.15) is 5.75 Å². The summed E-state index contributed by atoms with van der Waals surface area (Å²) in [5, 5.41) is 5.50. The summed E-state index contributed by atoms with van der Waals surface area (Å²) in [5.74, 6) is 0.378. The molecule has 2 aliphatic heterocycles. The van der Waals surface area contributed by atoms with E-state index < -0.39 is 6.10 Å². The Labute approximate surface area is 180 Å². The van der Waals surface area contributed by atoms with Crippen LogP contribution in [0.4, 0.5) is 11.6 Å². The van der Waals surface area contributed by atoms with Crippen LogP contribution in [0.25, 0.3) is 0 Å². The number of rotatable bonds is 5. The molecule has 3 heterocycles. The molecule has 31 heavy (non-hydrogen) atoms. The van der Waals surface area contributed by atoms with Gasteiger partial charge in [-0.1, -0.05) is 0 Å². The van der Waals surface area contributed by atoms with Crippen LogP contribution in [0.1, 0.15) is 37.0 Å². The molecule has 0 spiro atoms. The Bertz CT molecular complexity index is 989. The number of benzene rings is 1. The first-order valence-electron chi connectivity index (χ1n) is 10.4. The first-order valence-corrected chi connectivity index (χ1v) is 10.4. The second kappa shape index (κ2) is 8.81. The van der Waals surface area contributed by atoms with E-state index in [-0.39, 0.29) is 35.5 Å². The van der Waals surface area contributed by atoms with Crippen molar-refractivity contribution in [2.24, 2.45) is 5.92 Å². The number of ether oxygens (including phenoxy) is 1. The maximum absolute atomic E-state index is 13.0. The molecule has 1 aromatic carbocycles. The number of hydrogen-bond acceptors (Lipinski definition) is 7. The number of aromatic nitrogens is 2. The van der Waals surface area contributed by atoms with Crippen molar-refractivity contribution < 1.29 is 19.1 Å². The summed E-state index contributed by atoms with van der Waals surface area (Å²) >= 11 is 0. The summed E-state index contributed by atoms with van der Waals surface area (Å²) in [4.78, 5) is 47.4. The lowest BCUT2D eigenvalue weighted by atomic mass is 9.88. The number of nitrogens with one attached hydrogen (secondary N) is 2. The van der Waals surface area contributed by atoms with Crippen LogP contribution in [0.5, 0.6) is 5.75 Å². The molecule has 0 saturated carbocycles. The van der Waals surface area contributed by atoms with Gasteiger partial charge in [0, 0.05) is 23.9 Å². The van der Waals surface area contributed by atoms with Crippen molar-refractivity contribution in [2.75, 3.05) is 23.7 Å². The fraction of sp³-hybridized carbons (Fsp3) is 0.409. The Morgan fingerprint density at radius 3 is 2.65 bits per heavy atom. The number of likely N-dealkylation sites (tertiary alicyclic amines) is 1. The van der Waals surface area contributed by atoms with E-state index in [0.717, 1.165) is 0 Å². The Morgan fingerprint density at radius 2 is 1.94 bits per heavy atom. The number of carbonyl (C=O) groups is 3. The van der Waals surface area contributed by atoms with E-state index in [1.807, 2.05) is 6.92 Å². The lowest BCUT2D eigenvalue weighted by Gasteiger charge is -2.34. The van der Waals surface area contributed by atoms with Crippen LogP contribution in [0.15, 0.2) is 36.7 Å². The van der Waals surface area contributed by atoms with Crippen LogP contribution in [-0.2, 0) is 9.59 Å². The predicted octanol–water partition coefficient (Wildman–Crippen LogP) is 2.12. The molecular weight excluding hydrogens is 398 g/mol. The highest BCUT2D eigenvalue weighted by Crippen LogP contribution is 2.32. The highest BCUT2D eigenvalue weighted by Gasteiger charge is 2.31. The van der Waals surface area contributed by atoms with E-state index in [0.29, 0.717) is 42.9 Å². The highest BCUT2D eigenvalue weighted by atomic mass is 16.5. The standard InChI is InChI=1S/C22H25N5O4/c1-13(20(29)26-22-23-8-3-9-24-22)27-10-6-15(7-11-27)19(28)16-4-5-18-17(12-16)25-21(30)14(2)31-18/h3-5,8-9,12-15H,6-7,10-11H2,1-2H3,(H,25,30)(H,23,24,26,29). The van der Waals surface area contributed by atoms with Gasteiger partial charge >= 0.3 is 0 Å². The molecule has 4 rings (SSSR count). The third-order valence-corrected chi connectivity index (χ3v) is 5.82. The van der Waals surface area contributed by atoms with Gasteiger partial charge in [-0.2, -0.15) is 0 Å². The van der Waals surface area contributed by atoms with Crippen molar-refractivity contribution in [1.29, 1.82) is 0 Å². The topological polar surface area (TPSA) is 114 Å². The number of Topliss-reactive ketones (excluding diaryl/α,β-unsaturated/α-hetero) is 1. The van der Waals surface area contributed by atoms with E-state index in [1.165, 1.54) is 0 Å². The zero-order valence-electron chi connectivity index (χ0n) is 17.5. The van der Waals surface area contributed by atoms with Gasteiger partial charge in [-0.3, -0.25) is 24.6 Å². The zero-order valence-corrected chi connectivity index (χ0v) is 17.5. The normalized spacial score (nSPS) is 20.2. The van der Waals surface area contributed by atoms with Crippen molar-refractivity contribution >= 4 is 29.2 Å². The Balaban J connectivity index is 1.34. The molecular formula is C22H25N5O4. The highest BCUT2D eigenvalue weighted by molar-refractivity contribution is 6.02. The van der Waals surface area contributed by atoms with Crippen LogP contribution in [0.2, 0.25) is 0 Å². The molecule has 1 fully saturated rings. The summed E-state index contributed by atoms with van der Waals surface area (Å²) in [7, 11) is 0. The van der Waals surface area contributed by atoms with Gasteiger partial charge in [-0.15, -0.1) is 0 Å². The lowest BCUT2D eigenvalue weighted by molar-refractivity contribution is -0.123.